The van der Waals surface area contributed by atoms with Gasteiger partial charge in [-0.3, -0.25) is 9.59 Å². The molecule has 1 aliphatic heterocycles. The molecule has 0 amide bonds. The maximum absolute atomic E-state index is 11.7. The number of aliphatic hydroxyl groups is 1. The molecule has 2 heterocycles. The van der Waals surface area contributed by atoms with Crippen molar-refractivity contribution in [1.82, 2.24) is 0 Å². The molecule has 22 heavy (non-hydrogen) atoms. The highest BCUT2D eigenvalue weighted by Gasteiger charge is 2.29. The molecular weight excluding hydrogens is 290 g/mol. The molecule has 0 bridgehead atoms. The summed E-state index contributed by atoms with van der Waals surface area (Å²) >= 11 is 0. The second kappa shape index (κ2) is 7.42. The van der Waals surface area contributed by atoms with E-state index in [4.69, 9.17) is 14.3 Å². The highest BCUT2D eigenvalue weighted by molar-refractivity contribution is 5.72. The molecule has 0 saturated carbocycles. The molecule has 1 aromatic rings. The molecule has 7 nitrogen and oxygen atoms in total. The van der Waals surface area contributed by atoms with Gasteiger partial charge in [0.2, 0.25) is 16.9 Å². The minimum Gasteiger partial charge on any atom is -0.502 e. The summed E-state index contributed by atoms with van der Waals surface area (Å²) < 4.78 is 10.4. The number of aromatic hydroxyl groups is 1. The van der Waals surface area contributed by atoms with Crippen LogP contribution in [0.3, 0.4) is 0 Å². The summed E-state index contributed by atoms with van der Waals surface area (Å²) in [4.78, 5) is 24.4. The van der Waals surface area contributed by atoms with Crippen LogP contribution >= 0.6 is 0 Å². The molecule has 1 aliphatic rings. The van der Waals surface area contributed by atoms with Crippen LogP contribution in [0, 0.1) is 5.92 Å². The number of rotatable bonds is 5. The molecule has 1 aromatic heterocycles. The predicted octanol–water partition coefficient (Wildman–Crippen LogP) is -0.804. The van der Waals surface area contributed by atoms with Gasteiger partial charge < -0.3 is 24.3 Å². The number of nitrogens with one attached hydrogen (secondary N) is 1. The number of hydrogen-bond acceptors (Lipinski definition) is 6. The molecule has 0 spiro atoms. The van der Waals surface area contributed by atoms with Crippen LogP contribution in [-0.2, 0) is 22.7 Å². The zero-order valence-corrected chi connectivity index (χ0v) is 12.6. The van der Waals surface area contributed by atoms with Gasteiger partial charge in [0.05, 0.1) is 25.6 Å². The lowest BCUT2D eigenvalue weighted by atomic mass is 9.97. The lowest BCUT2D eigenvalue weighted by Crippen LogP contribution is -3.11. The molecule has 0 radical (unpaired) electrons. The van der Waals surface area contributed by atoms with Crippen LogP contribution in [0.15, 0.2) is 15.3 Å². The lowest BCUT2D eigenvalue weighted by Gasteiger charge is -2.27. The fourth-order valence-corrected chi connectivity index (χ4v) is 2.71. The average Bonchev–Trinajstić information content (AvgIpc) is 2.52. The van der Waals surface area contributed by atoms with Crippen molar-refractivity contribution >= 4 is 5.97 Å². The second-order valence-corrected chi connectivity index (χ2v) is 5.46. The maximum Gasteiger partial charge on any atom is 0.309 e. The molecule has 1 saturated heterocycles. The van der Waals surface area contributed by atoms with E-state index >= 15 is 0 Å². The van der Waals surface area contributed by atoms with Crippen LogP contribution in [0.4, 0.5) is 0 Å². The maximum atomic E-state index is 11.7. The quantitative estimate of drug-likeness (QED) is 0.615. The molecule has 3 N–H and O–H groups in total. The topological polar surface area (TPSA) is 101 Å². The van der Waals surface area contributed by atoms with Gasteiger partial charge in [-0.25, -0.2) is 0 Å². The van der Waals surface area contributed by atoms with Gasteiger partial charge in [0, 0.05) is 18.9 Å². The van der Waals surface area contributed by atoms with Gasteiger partial charge in [-0.2, -0.15) is 0 Å². The van der Waals surface area contributed by atoms with E-state index in [-0.39, 0.29) is 30.0 Å². The third-order valence-electron chi connectivity index (χ3n) is 3.92. The summed E-state index contributed by atoms with van der Waals surface area (Å²) in [6, 6.07) is 1.08. The minimum atomic E-state index is -0.550. The molecule has 122 valence electrons. The van der Waals surface area contributed by atoms with E-state index in [9.17, 15) is 14.7 Å². The number of carbonyl (C=O) groups excluding carboxylic acids is 1. The Kier molecular flexibility index (Phi) is 5.57. The number of piperidine rings is 1. The van der Waals surface area contributed by atoms with Gasteiger partial charge in [0.25, 0.3) is 0 Å². The van der Waals surface area contributed by atoms with Crippen molar-refractivity contribution in [2.45, 2.75) is 32.9 Å². The van der Waals surface area contributed by atoms with E-state index in [1.165, 1.54) is 0 Å². The van der Waals surface area contributed by atoms with Crippen molar-refractivity contribution in [2.24, 2.45) is 5.92 Å². The summed E-state index contributed by atoms with van der Waals surface area (Å²) in [6.45, 7) is 3.61. The Morgan fingerprint density at radius 3 is 2.73 bits per heavy atom. The molecule has 0 aromatic carbocycles. The SMILES string of the molecule is CCOC(=O)C1CC[NH+](Cc2oc(CO)cc(=O)c2O)CC1. The molecule has 0 unspecified atom stereocenters. The van der Waals surface area contributed by atoms with Crippen molar-refractivity contribution in [2.75, 3.05) is 19.7 Å². The van der Waals surface area contributed by atoms with E-state index in [1.807, 2.05) is 0 Å². The van der Waals surface area contributed by atoms with Crippen molar-refractivity contribution in [3.8, 4) is 5.75 Å². The minimum absolute atomic E-state index is 0.0759. The Hall–Kier alpha value is -1.86. The van der Waals surface area contributed by atoms with Gasteiger partial charge in [0.1, 0.15) is 18.9 Å². The second-order valence-electron chi connectivity index (χ2n) is 5.46. The first-order chi connectivity index (χ1) is 10.5. The van der Waals surface area contributed by atoms with Crippen molar-refractivity contribution in [1.29, 1.82) is 0 Å². The standard InChI is InChI=1S/C15H21NO6/c1-2-21-15(20)10-3-5-16(6-4-10)8-13-14(19)12(18)7-11(9-17)22-13/h7,10,17,19H,2-6,8-9H2,1H3/p+1. The Bertz CT molecular complexity index is 574. The number of carbonyl (C=O) groups is 1. The fourth-order valence-electron chi connectivity index (χ4n) is 2.71. The Morgan fingerprint density at radius 1 is 1.45 bits per heavy atom. The number of esters is 1. The van der Waals surface area contributed by atoms with Crippen molar-refractivity contribution in [3.63, 3.8) is 0 Å². The van der Waals surface area contributed by atoms with E-state index in [0.717, 1.165) is 24.1 Å². The van der Waals surface area contributed by atoms with Gasteiger partial charge in [-0.15, -0.1) is 0 Å². The third-order valence-corrected chi connectivity index (χ3v) is 3.92. The Balaban J connectivity index is 1.98. The zero-order chi connectivity index (χ0) is 16.1. The molecule has 7 heteroatoms. The fraction of sp³-hybridized carbons (Fsp3) is 0.600. The zero-order valence-electron chi connectivity index (χ0n) is 12.6. The molecular formula is C15H22NO6+. The average molecular weight is 312 g/mol. The van der Waals surface area contributed by atoms with Gasteiger partial charge in [0.15, 0.2) is 0 Å². The van der Waals surface area contributed by atoms with Gasteiger partial charge in [-0.05, 0) is 6.92 Å². The van der Waals surface area contributed by atoms with Crippen LogP contribution in [0.2, 0.25) is 0 Å². The first kappa shape index (κ1) is 16.5. The summed E-state index contributed by atoms with van der Waals surface area (Å²) in [5.74, 6) is -0.316. The molecule has 0 aliphatic carbocycles. The molecule has 1 fully saturated rings. The number of likely N-dealkylation sites (tertiary alicyclic amines) is 1. The summed E-state index contributed by atoms with van der Waals surface area (Å²) in [7, 11) is 0. The van der Waals surface area contributed by atoms with Crippen LogP contribution in [0.5, 0.6) is 5.75 Å². The first-order valence-electron chi connectivity index (χ1n) is 7.51. The number of ether oxygens (including phenoxy) is 1. The summed E-state index contributed by atoms with van der Waals surface area (Å²) in [6.07, 6.45) is 1.41. The third kappa shape index (κ3) is 3.86. The van der Waals surface area contributed by atoms with E-state index in [1.54, 1.807) is 6.92 Å². The van der Waals surface area contributed by atoms with Crippen LogP contribution < -0.4 is 10.3 Å². The van der Waals surface area contributed by atoms with Crippen molar-refractivity contribution in [3.05, 3.63) is 27.8 Å². The smallest absolute Gasteiger partial charge is 0.309 e. The number of aliphatic hydroxyl groups excluding tert-OH is 1. The largest absolute Gasteiger partial charge is 0.502 e. The summed E-state index contributed by atoms with van der Waals surface area (Å²) in [5, 5.41) is 18.8. The number of quaternary nitrogens is 1. The highest BCUT2D eigenvalue weighted by atomic mass is 16.5. The Labute approximate surface area is 128 Å². The van der Waals surface area contributed by atoms with E-state index < -0.39 is 11.2 Å². The first-order valence-corrected chi connectivity index (χ1v) is 7.51. The van der Waals surface area contributed by atoms with Gasteiger partial charge in [-0.1, -0.05) is 0 Å². The van der Waals surface area contributed by atoms with Crippen molar-refractivity contribution < 1.29 is 29.1 Å². The predicted molar refractivity (Wildman–Crippen MR) is 76.3 cm³/mol. The van der Waals surface area contributed by atoms with Crippen LogP contribution in [-0.4, -0.2) is 35.9 Å². The van der Waals surface area contributed by atoms with E-state index in [2.05, 4.69) is 0 Å². The number of hydrogen-bond donors (Lipinski definition) is 3. The lowest BCUT2D eigenvalue weighted by molar-refractivity contribution is -0.920. The van der Waals surface area contributed by atoms with E-state index in [0.29, 0.717) is 26.0 Å². The normalized spacial score (nSPS) is 21.5. The van der Waals surface area contributed by atoms with Gasteiger partial charge >= 0.3 is 5.97 Å². The molecule has 0 atom stereocenters. The summed E-state index contributed by atoms with van der Waals surface area (Å²) in [5.41, 5.74) is -0.550. The molecule has 2 rings (SSSR count). The van der Waals surface area contributed by atoms with Crippen LogP contribution in [0.25, 0.3) is 0 Å². The highest BCUT2D eigenvalue weighted by Crippen LogP contribution is 2.15. The monoisotopic (exact) mass is 312 g/mol. The Morgan fingerprint density at radius 2 is 2.14 bits per heavy atom. The van der Waals surface area contributed by atoms with Crippen LogP contribution in [0.1, 0.15) is 31.3 Å².